The number of hydrogen-bond acceptors (Lipinski definition) is 3. The normalized spacial score (nSPS) is 11.9. The second kappa shape index (κ2) is 9.03. The molecule has 1 unspecified atom stereocenters. The summed E-state index contributed by atoms with van der Waals surface area (Å²) in [5, 5.41) is 12.3. The first kappa shape index (κ1) is 17.9. The van der Waals surface area contributed by atoms with Gasteiger partial charge in [0.1, 0.15) is 11.6 Å². The van der Waals surface area contributed by atoms with E-state index in [0.29, 0.717) is 18.7 Å². The molecule has 0 amide bonds. The van der Waals surface area contributed by atoms with E-state index in [4.69, 9.17) is 9.84 Å². The highest BCUT2D eigenvalue weighted by Gasteiger charge is 2.12. The lowest BCUT2D eigenvalue weighted by Gasteiger charge is -2.18. The Balaban J connectivity index is 2.01. The van der Waals surface area contributed by atoms with Crippen LogP contribution in [0.4, 0.5) is 4.39 Å². The molecule has 128 valence electrons. The van der Waals surface area contributed by atoms with E-state index in [-0.39, 0.29) is 18.3 Å². The molecule has 2 N–H and O–H groups in total. The molecule has 0 saturated heterocycles. The summed E-state index contributed by atoms with van der Waals surface area (Å²) in [4.78, 5) is 10.9. The summed E-state index contributed by atoms with van der Waals surface area (Å²) in [5.41, 5.74) is 1.90. The Kier molecular flexibility index (Phi) is 6.75. The van der Waals surface area contributed by atoms with Crippen LogP contribution in [-0.4, -0.2) is 24.2 Å². The number of halogens is 1. The van der Waals surface area contributed by atoms with Gasteiger partial charge >= 0.3 is 5.97 Å². The lowest BCUT2D eigenvalue weighted by Crippen LogP contribution is -2.31. The van der Waals surface area contributed by atoms with Crippen LogP contribution in [0.5, 0.6) is 5.75 Å². The van der Waals surface area contributed by atoms with E-state index < -0.39 is 5.97 Å². The van der Waals surface area contributed by atoms with Crippen molar-refractivity contribution < 1.29 is 19.0 Å². The van der Waals surface area contributed by atoms with Crippen LogP contribution >= 0.6 is 0 Å². The van der Waals surface area contributed by atoms with Gasteiger partial charge in [0.2, 0.25) is 0 Å². The van der Waals surface area contributed by atoms with Crippen molar-refractivity contribution in [2.24, 2.45) is 0 Å². The lowest BCUT2D eigenvalue weighted by molar-refractivity contribution is -0.137. The molecule has 0 saturated carbocycles. The summed E-state index contributed by atoms with van der Waals surface area (Å²) in [7, 11) is 1.50. The van der Waals surface area contributed by atoms with Crippen LogP contribution in [0.25, 0.3) is 0 Å². The Morgan fingerprint density at radius 1 is 1.21 bits per heavy atom. The molecular formula is C19H22FNO3. The summed E-state index contributed by atoms with van der Waals surface area (Å²) < 4.78 is 18.6. The van der Waals surface area contributed by atoms with E-state index in [1.165, 1.54) is 19.2 Å². The van der Waals surface area contributed by atoms with Crippen molar-refractivity contribution in [1.29, 1.82) is 0 Å². The van der Waals surface area contributed by atoms with Crippen LogP contribution in [0.15, 0.2) is 48.5 Å². The van der Waals surface area contributed by atoms with Gasteiger partial charge in [0.15, 0.2) is 0 Å². The molecule has 2 aromatic rings. The van der Waals surface area contributed by atoms with Crippen molar-refractivity contribution in [3.8, 4) is 5.75 Å². The molecule has 2 rings (SSSR count). The van der Waals surface area contributed by atoms with Crippen LogP contribution in [0.2, 0.25) is 0 Å². The zero-order valence-corrected chi connectivity index (χ0v) is 13.7. The molecule has 0 heterocycles. The standard InChI is InChI=1S/C19H22FNO3/c1-24-18-11-15(9-16(20)12-18)13-21-17(7-8-19(22)23)10-14-5-3-2-4-6-14/h2-6,9,11-12,17,21H,7-8,10,13H2,1H3,(H,22,23). The highest BCUT2D eigenvalue weighted by molar-refractivity contribution is 5.66. The third-order valence-corrected chi connectivity index (χ3v) is 3.79. The zero-order chi connectivity index (χ0) is 17.4. The number of carbonyl (C=O) groups is 1. The lowest BCUT2D eigenvalue weighted by atomic mass is 10.0. The molecule has 0 aliphatic rings. The van der Waals surface area contributed by atoms with Crippen molar-refractivity contribution in [3.05, 3.63) is 65.5 Å². The number of ether oxygens (including phenoxy) is 1. The second-order valence-corrected chi connectivity index (χ2v) is 5.70. The Labute approximate surface area is 141 Å². The number of methoxy groups -OCH3 is 1. The van der Waals surface area contributed by atoms with Gasteiger partial charge in [-0.05, 0) is 36.1 Å². The van der Waals surface area contributed by atoms with E-state index in [0.717, 1.165) is 17.5 Å². The average Bonchev–Trinajstić information content (AvgIpc) is 2.57. The minimum absolute atomic E-state index is 0.00207. The van der Waals surface area contributed by atoms with Gasteiger partial charge in [-0.15, -0.1) is 0 Å². The fourth-order valence-electron chi connectivity index (χ4n) is 2.58. The third kappa shape index (κ3) is 6.01. The zero-order valence-electron chi connectivity index (χ0n) is 13.7. The number of carboxylic acids is 1. The van der Waals surface area contributed by atoms with Crippen LogP contribution in [0.1, 0.15) is 24.0 Å². The van der Waals surface area contributed by atoms with E-state index in [9.17, 15) is 9.18 Å². The van der Waals surface area contributed by atoms with Gasteiger partial charge in [0, 0.05) is 25.1 Å². The topological polar surface area (TPSA) is 58.6 Å². The molecule has 24 heavy (non-hydrogen) atoms. The highest BCUT2D eigenvalue weighted by Crippen LogP contribution is 2.16. The molecule has 0 spiro atoms. The van der Waals surface area contributed by atoms with Crippen LogP contribution in [-0.2, 0) is 17.8 Å². The third-order valence-electron chi connectivity index (χ3n) is 3.79. The predicted molar refractivity (Wildman–Crippen MR) is 90.6 cm³/mol. The maximum absolute atomic E-state index is 13.6. The average molecular weight is 331 g/mol. The molecule has 1 atom stereocenters. The van der Waals surface area contributed by atoms with Gasteiger partial charge in [0.05, 0.1) is 7.11 Å². The fourth-order valence-corrected chi connectivity index (χ4v) is 2.58. The largest absolute Gasteiger partial charge is 0.497 e. The van der Waals surface area contributed by atoms with Gasteiger partial charge in [0.25, 0.3) is 0 Å². The highest BCUT2D eigenvalue weighted by atomic mass is 19.1. The number of aliphatic carboxylic acids is 1. The van der Waals surface area contributed by atoms with Gasteiger partial charge in [-0.25, -0.2) is 4.39 Å². The van der Waals surface area contributed by atoms with E-state index in [2.05, 4.69) is 5.32 Å². The first-order valence-corrected chi connectivity index (χ1v) is 7.89. The van der Waals surface area contributed by atoms with Gasteiger partial charge in [-0.1, -0.05) is 30.3 Å². The minimum Gasteiger partial charge on any atom is -0.497 e. The fraction of sp³-hybridized carbons (Fsp3) is 0.316. The molecule has 2 aromatic carbocycles. The molecule has 0 fully saturated rings. The molecule has 4 nitrogen and oxygen atoms in total. The summed E-state index contributed by atoms with van der Waals surface area (Å²) in [6.07, 6.45) is 1.33. The molecule has 0 aliphatic carbocycles. The number of carboxylic acid groups (broad SMARTS) is 1. The Bertz CT molecular complexity index is 661. The number of hydrogen-bond donors (Lipinski definition) is 2. The van der Waals surface area contributed by atoms with Crippen LogP contribution < -0.4 is 10.1 Å². The first-order chi connectivity index (χ1) is 11.6. The Morgan fingerprint density at radius 2 is 1.96 bits per heavy atom. The van der Waals surface area contributed by atoms with E-state index >= 15 is 0 Å². The van der Waals surface area contributed by atoms with Crippen molar-refractivity contribution in [2.75, 3.05) is 7.11 Å². The maximum atomic E-state index is 13.6. The summed E-state index contributed by atoms with van der Waals surface area (Å²) >= 11 is 0. The van der Waals surface area contributed by atoms with Crippen LogP contribution in [0.3, 0.4) is 0 Å². The number of benzene rings is 2. The van der Waals surface area contributed by atoms with Gasteiger partial charge in [-0.2, -0.15) is 0 Å². The summed E-state index contributed by atoms with van der Waals surface area (Å²) in [6, 6.07) is 14.4. The Morgan fingerprint density at radius 3 is 2.62 bits per heavy atom. The van der Waals surface area contributed by atoms with Gasteiger partial charge < -0.3 is 15.2 Å². The van der Waals surface area contributed by atoms with E-state index in [1.54, 1.807) is 6.07 Å². The molecule has 0 aromatic heterocycles. The molecule has 0 bridgehead atoms. The summed E-state index contributed by atoms with van der Waals surface area (Å²) in [6.45, 7) is 0.450. The monoisotopic (exact) mass is 331 g/mol. The first-order valence-electron chi connectivity index (χ1n) is 7.89. The van der Waals surface area contributed by atoms with Crippen LogP contribution in [0, 0.1) is 5.82 Å². The molecular weight excluding hydrogens is 309 g/mol. The quantitative estimate of drug-likeness (QED) is 0.739. The van der Waals surface area contributed by atoms with Gasteiger partial charge in [-0.3, -0.25) is 4.79 Å². The molecule has 0 aliphatic heterocycles. The number of nitrogens with one attached hydrogen (secondary N) is 1. The smallest absolute Gasteiger partial charge is 0.303 e. The van der Waals surface area contributed by atoms with Crippen molar-refractivity contribution in [1.82, 2.24) is 5.32 Å². The van der Waals surface area contributed by atoms with Crippen molar-refractivity contribution >= 4 is 5.97 Å². The number of rotatable bonds is 9. The van der Waals surface area contributed by atoms with Crippen molar-refractivity contribution in [2.45, 2.75) is 31.8 Å². The SMILES string of the molecule is COc1cc(F)cc(CNC(CCC(=O)O)Cc2ccccc2)c1. The van der Waals surface area contributed by atoms with Crippen molar-refractivity contribution in [3.63, 3.8) is 0 Å². The maximum Gasteiger partial charge on any atom is 0.303 e. The molecule has 0 radical (unpaired) electrons. The second-order valence-electron chi connectivity index (χ2n) is 5.70. The Hall–Kier alpha value is -2.40. The summed E-state index contributed by atoms with van der Waals surface area (Å²) in [5.74, 6) is -0.699. The predicted octanol–water partition coefficient (Wildman–Crippen LogP) is 3.40. The molecule has 5 heteroatoms. The minimum atomic E-state index is -0.817. The van der Waals surface area contributed by atoms with E-state index in [1.807, 2.05) is 30.3 Å².